The van der Waals surface area contributed by atoms with Gasteiger partial charge in [-0.1, -0.05) is 6.07 Å². The molecule has 1 heterocycles. The fourth-order valence-corrected chi connectivity index (χ4v) is 3.27. The average Bonchev–Trinajstić information content (AvgIpc) is 2.53. The summed E-state index contributed by atoms with van der Waals surface area (Å²) in [5, 5.41) is 0. The molecule has 2 aromatic rings. The van der Waals surface area contributed by atoms with Crippen LogP contribution in [0, 0.1) is 11.6 Å². The van der Waals surface area contributed by atoms with Crippen LogP contribution < -0.4 is 9.80 Å². The van der Waals surface area contributed by atoms with Gasteiger partial charge in [0.05, 0.1) is 30.7 Å². The van der Waals surface area contributed by atoms with Crippen LogP contribution in [0.1, 0.15) is 5.56 Å². The van der Waals surface area contributed by atoms with E-state index in [2.05, 4.69) is 20.8 Å². The summed E-state index contributed by atoms with van der Waals surface area (Å²) in [6.45, 7) is 4.83. The fraction of sp³-hybridized carbons (Fsp3) is 0.294. The second-order valence-electron chi connectivity index (χ2n) is 5.64. The number of nitrogens with zero attached hydrogens (tertiary/aromatic N) is 1. The van der Waals surface area contributed by atoms with E-state index in [1.807, 2.05) is 24.3 Å². The molecule has 0 aliphatic carbocycles. The van der Waals surface area contributed by atoms with Crippen LogP contribution in [-0.2, 0) is 6.54 Å². The van der Waals surface area contributed by atoms with Gasteiger partial charge in [0.2, 0.25) is 0 Å². The van der Waals surface area contributed by atoms with Crippen molar-refractivity contribution in [3.8, 4) is 0 Å². The van der Waals surface area contributed by atoms with E-state index in [1.165, 1.54) is 23.1 Å². The summed E-state index contributed by atoms with van der Waals surface area (Å²) in [6, 6.07) is 11.9. The molecule has 0 aromatic heterocycles. The maximum atomic E-state index is 13.3. The third kappa shape index (κ3) is 3.65. The van der Waals surface area contributed by atoms with Gasteiger partial charge >= 0.3 is 0 Å². The summed E-state index contributed by atoms with van der Waals surface area (Å²) in [6.07, 6.45) is 0. The highest BCUT2D eigenvalue weighted by molar-refractivity contribution is 9.10. The Morgan fingerprint density at radius 3 is 2.32 bits per heavy atom. The first-order chi connectivity index (χ1) is 10.6. The summed E-state index contributed by atoms with van der Waals surface area (Å²) in [4.78, 5) is 3.76. The van der Waals surface area contributed by atoms with Crippen molar-refractivity contribution in [3.05, 3.63) is 64.1 Å². The second-order valence-corrected chi connectivity index (χ2v) is 6.49. The van der Waals surface area contributed by atoms with Crippen molar-refractivity contribution in [1.82, 2.24) is 0 Å². The van der Waals surface area contributed by atoms with Gasteiger partial charge in [-0.15, -0.1) is 0 Å². The van der Waals surface area contributed by atoms with E-state index in [9.17, 15) is 8.78 Å². The minimum atomic E-state index is -0.222. The Labute approximate surface area is 137 Å². The summed E-state index contributed by atoms with van der Waals surface area (Å²) in [5.41, 5.74) is 2.21. The molecule has 0 saturated carbocycles. The van der Waals surface area contributed by atoms with Gasteiger partial charge in [0, 0.05) is 11.3 Å². The lowest BCUT2D eigenvalue weighted by molar-refractivity contribution is -0.914. The van der Waals surface area contributed by atoms with E-state index in [1.54, 1.807) is 0 Å². The first-order valence-electron chi connectivity index (χ1n) is 7.40. The van der Waals surface area contributed by atoms with Gasteiger partial charge < -0.3 is 9.80 Å². The monoisotopic (exact) mass is 367 g/mol. The Morgan fingerprint density at radius 2 is 1.68 bits per heavy atom. The van der Waals surface area contributed by atoms with Crippen LogP contribution in [0.2, 0.25) is 0 Å². The molecule has 0 radical (unpaired) electrons. The molecular formula is C17H18BrF2N2+. The molecule has 1 saturated heterocycles. The highest BCUT2D eigenvalue weighted by Gasteiger charge is 2.20. The summed E-state index contributed by atoms with van der Waals surface area (Å²) in [7, 11) is 0. The Balaban J connectivity index is 1.57. The van der Waals surface area contributed by atoms with Crippen molar-refractivity contribution < 1.29 is 13.7 Å². The molecule has 2 nitrogen and oxygen atoms in total. The maximum absolute atomic E-state index is 13.3. The minimum Gasteiger partial charge on any atom is -0.360 e. The van der Waals surface area contributed by atoms with Crippen LogP contribution in [0.5, 0.6) is 0 Å². The number of halogens is 3. The highest BCUT2D eigenvalue weighted by atomic mass is 79.9. The van der Waals surface area contributed by atoms with Gasteiger partial charge in [-0.05, 0) is 52.3 Å². The van der Waals surface area contributed by atoms with Crippen LogP contribution in [0.15, 0.2) is 46.9 Å². The molecule has 0 atom stereocenters. The van der Waals surface area contributed by atoms with Crippen LogP contribution in [-0.4, -0.2) is 26.2 Å². The lowest BCUT2D eigenvalue weighted by Crippen LogP contribution is -3.13. The molecule has 0 bridgehead atoms. The fourth-order valence-electron chi connectivity index (χ4n) is 2.85. The average molecular weight is 368 g/mol. The molecule has 5 heteroatoms. The molecule has 0 amide bonds. The Kier molecular flexibility index (Phi) is 4.74. The Bertz CT molecular complexity index is 638. The normalized spacial score (nSPS) is 16.0. The zero-order chi connectivity index (χ0) is 15.5. The summed E-state index contributed by atoms with van der Waals surface area (Å²) >= 11 is 3.23. The number of hydrogen-bond acceptors (Lipinski definition) is 1. The molecule has 1 aliphatic rings. The zero-order valence-corrected chi connectivity index (χ0v) is 13.7. The molecule has 116 valence electrons. The van der Waals surface area contributed by atoms with Crippen LogP contribution in [0.3, 0.4) is 0 Å². The minimum absolute atomic E-state index is 0.199. The number of nitrogens with one attached hydrogen (secondary N) is 1. The van der Waals surface area contributed by atoms with Crippen molar-refractivity contribution in [2.45, 2.75) is 6.54 Å². The highest BCUT2D eigenvalue weighted by Crippen LogP contribution is 2.17. The maximum Gasteiger partial charge on any atom is 0.137 e. The van der Waals surface area contributed by atoms with Crippen molar-refractivity contribution in [2.24, 2.45) is 0 Å². The molecule has 1 N–H and O–H groups in total. The van der Waals surface area contributed by atoms with Gasteiger partial charge in [-0.25, -0.2) is 8.78 Å². The number of piperazine rings is 1. The van der Waals surface area contributed by atoms with Crippen LogP contribution in [0.4, 0.5) is 14.5 Å². The van der Waals surface area contributed by atoms with E-state index < -0.39 is 0 Å². The SMILES string of the molecule is Fc1ccc(N2CC[NH+](Cc3ccc(F)c(Br)c3)CC2)cc1. The predicted octanol–water partition coefficient (Wildman–Crippen LogP) is 2.63. The zero-order valence-electron chi connectivity index (χ0n) is 12.2. The quantitative estimate of drug-likeness (QED) is 0.876. The number of quaternary nitrogens is 1. The van der Waals surface area contributed by atoms with Crippen molar-refractivity contribution >= 4 is 21.6 Å². The third-order valence-corrected chi connectivity index (χ3v) is 4.71. The number of hydrogen-bond donors (Lipinski definition) is 1. The number of rotatable bonds is 3. The topological polar surface area (TPSA) is 7.68 Å². The lowest BCUT2D eigenvalue weighted by atomic mass is 10.2. The smallest absolute Gasteiger partial charge is 0.137 e. The Hall–Kier alpha value is -1.46. The Morgan fingerprint density at radius 1 is 1.00 bits per heavy atom. The van der Waals surface area contributed by atoms with Crippen LogP contribution >= 0.6 is 15.9 Å². The summed E-state index contributed by atoms with van der Waals surface area (Å²) in [5.74, 6) is -0.422. The van der Waals surface area contributed by atoms with Gasteiger partial charge in [0.25, 0.3) is 0 Å². The molecular weight excluding hydrogens is 350 g/mol. The van der Waals surface area contributed by atoms with E-state index in [4.69, 9.17) is 0 Å². The van der Waals surface area contributed by atoms with E-state index >= 15 is 0 Å². The molecule has 1 fully saturated rings. The number of anilines is 1. The molecule has 0 spiro atoms. The van der Waals surface area contributed by atoms with Crippen LogP contribution in [0.25, 0.3) is 0 Å². The van der Waals surface area contributed by atoms with Crippen molar-refractivity contribution in [3.63, 3.8) is 0 Å². The van der Waals surface area contributed by atoms with Gasteiger partial charge in [-0.2, -0.15) is 0 Å². The molecule has 3 rings (SSSR count). The first-order valence-corrected chi connectivity index (χ1v) is 8.19. The summed E-state index contributed by atoms with van der Waals surface area (Å²) < 4.78 is 26.7. The van der Waals surface area contributed by atoms with Gasteiger partial charge in [-0.3, -0.25) is 0 Å². The van der Waals surface area contributed by atoms with Crippen molar-refractivity contribution in [2.75, 3.05) is 31.1 Å². The molecule has 1 aliphatic heterocycles. The molecule has 2 aromatic carbocycles. The molecule has 0 unspecified atom stereocenters. The lowest BCUT2D eigenvalue weighted by Gasteiger charge is -2.33. The largest absolute Gasteiger partial charge is 0.360 e. The standard InChI is InChI=1S/C17H17BrF2N2/c18-16-11-13(1-6-17(16)20)12-21-7-9-22(10-8-21)15-4-2-14(19)3-5-15/h1-6,11H,7-10,12H2/p+1. The van der Waals surface area contributed by atoms with Gasteiger partial charge in [0.1, 0.15) is 18.2 Å². The van der Waals surface area contributed by atoms with Crippen molar-refractivity contribution in [1.29, 1.82) is 0 Å². The second kappa shape index (κ2) is 6.75. The van der Waals surface area contributed by atoms with Gasteiger partial charge in [0.15, 0.2) is 0 Å². The molecule has 22 heavy (non-hydrogen) atoms. The predicted molar refractivity (Wildman–Crippen MR) is 87.1 cm³/mol. The third-order valence-electron chi connectivity index (χ3n) is 4.10. The van der Waals surface area contributed by atoms with E-state index in [0.29, 0.717) is 4.47 Å². The van der Waals surface area contributed by atoms with E-state index in [-0.39, 0.29) is 11.6 Å². The first kappa shape index (κ1) is 15.4. The van der Waals surface area contributed by atoms with E-state index in [0.717, 1.165) is 44.0 Å². The number of benzene rings is 2.